The summed E-state index contributed by atoms with van der Waals surface area (Å²) in [6, 6.07) is 5.90. The van der Waals surface area contributed by atoms with E-state index in [4.69, 9.17) is 16.3 Å². The molecule has 0 aliphatic rings. The van der Waals surface area contributed by atoms with E-state index >= 15 is 0 Å². The van der Waals surface area contributed by atoms with Gasteiger partial charge in [-0.2, -0.15) is 0 Å². The minimum atomic E-state index is -0.484. The Labute approximate surface area is 130 Å². The molecule has 1 heterocycles. The van der Waals surface area contributed by atoms with Crippen LogP contribution in [-0.4, -0.2) is 9.91 Å². The fraction of sp³-hybridized carbons (Fsp3) is 0. The van der Waals surface area contributed by atoms with Gasteiger partial charge in [-0.05, 0) is 37.9 Å². The maximum atomic E-state index is 10.7. The van der Waals surface area contributed by atoms with Crippen LogP contribution in [0.25, 0.3) is 0 Å². The van der Waals surface area contributed by atoms with E-state index in [2.05, 4.69) is 36.8 Å². The Kier molecular flexibility index (Phi) is 4.38. The number of non-ortho nitro benzene ring substituents is 1. The van der Waals surface area contributed by atoms with Crippen LogP contribution >= 0.6 is 43.5 Å². The highest BCUT2D eigenvalue weighted by Crippen LogP contribution is 2.39. The summed E-state index contributed by atoms with van der Waals surface area (Å²) in [6.07, 6.45) is 1.50. The van der Waals surface area contributed by atoms with E-state index < -0.39 is 4.92 Å². The second-order valence-electron chi connectivity index (χ2n) is 3.41. The van der Waals surface area contributed by atoms with Crippen molar-refractivity contribution in [3.63, 3.8) is 0 Å². The number of nitro benzene ring substituents is 1. The molecule has 19 heavy (non-hydrogen) atoms. The number of hydrogen-bond donors (Lipinski definition) is 0. The lowest BCUT2D eigenvalue weighted by Gasteiger charge is -2.09. The van der Waals surface area contributed by atoms with Crippen LogP contribution in [-0.2, 0) is 0 Å². The number of aromatic nitrogens is 1. The molecule has 0 amide bonds. The number of ether oxygens (including phenoxy) is 1. The number of benzene rings is 1. The van der Waals surface area contributed by atoms with Gasteiger partial charge in [-0.1, -0.05) is 11.6 Å². The van der Waals surface area contributed by atoms with E-state index in [0.29, 0.717) is 25.6 Å². The van der Waals surface area contributed by atoms with Gasteiger partial charge in [0.25, 0.3) is 5.69 Å². The molecule has 0 N–H and O–H groups in total. The molecule has 2 rings (SSSR count). The van der Waals surface area contributed by atoms with Crippen molar-refractivity contribution in [3.05, 3.63) is 54.7 Å². The Hall–Kier alpha value is -1.18. The lowest BCUT2D eigenvalue weighted by Crippen LogP contribution is -1.92. The maximum absolute atomic E-state index is 10.7. The lowest BCUT2D eigenvalue weighted by molar-refractivity contribution is -0.385. The van der Waals surface area contributed by atoms with Crippen LogP contribution in [0.5, 0.6) is 11.5 Å². The van der Waals surface area contributed by atoms with Crippen LogP contribution in [0.3, 0.4) is 0 Å². The van der Waals surface area contributed by atoms with Crippen molar-refractivity contribution < 1.29 is 9.66 Å². The number of rotatable bonds is 3. The van der Waals surface area contributed by atoms with Crippen molar-refractivity contribution >= 4 is 49.1 Å². The van der Waals surface area contributed by atoms with Crippen LogP contribution in [0, 0.1) is 10.1 Å². The maximum Gasteiger partial charge on any atom is 0.271 e. The van der Waals surface area contributed by atoms with Crippen LogP contribution in [0.2, 0.25) is 5.15 Å². The Bertz CT molecular complexity index is 629. The highest BCUT2D eigenvalue weighted by molar-refractivity contribution is 9.11. The van der Waals surface area contributed by atoms with Crippen molar-refractivity contribution in [2.75, 3.05) is 0 Å². The number of pyridine rings is 1. The molecule has 98 valence electrons. The molecule has 2 aromatic rings. The first-order chi connectivity index (χ1) is 8.97. The van der Waals surface area contributed by atoms with Gasteiger partial charge < -0.3 is 4.74 Å². The molecular formula is C11H5Br2ClN2O3. The smallest absolute Gasteiger partial charge is 0.271 e. The van der Waals surface area contributed by atoms with Gasteiger partial charge in [0.05, 0.1) is 13.9 Å². The second-order valence-corrected chi connectivity index (χ2v) is 5.51. The molecule has 8 heteroatoms. The molecule has 0 atom stereocenters. The van der Waals surface area contributed by atoms with Gasteiger partial charge in [0.1, 0.15) is 10.9 Å². The number of nitrogens with zero attached hydrogens (tertiary/aromatic N) is 2. The van der Waals surface area contributed by atoms with Gasteiger partial charge in [0.15, 0.2) is 5.75 Å². The quantitative estimate of drug-likeness (QED) is 0.409. The Morgan fingerprint density at radius 2 is 1.89 bits per heavy atom. The Morgan fingerprint density at radius 1 is 1.26 bits per heavy atom. The van der Waals surface area contributed by atoms with Crippen LogP contribution in [0.4, 0.5) is 5.69 Å². The molecule has 1 aromatic carbocycles. The van der Waals surface area contributed by atoms with E-state index in [1.807, 2.05) is 0 Å². The summed E-state index contributed by atoms with van der Waals surface area (Å²) in [4.78, 5) is 14.1. The van der Waals surface area contributed by atoms with Crippen molar-refractivity contribution in [1.29, 1.82) is 0 Å². The Morgan fingerprint density at radius 3 is 2.42 bits per heavy atom. The third-order valence-corrected chi connectivity index (χ3v) is 3.50. The summed E-state index contributed by atoms with van der Waals surface area (Å²) in [7, 11) is 0. The predicted molar refractivity (Wildman–Crippen MR) is 77.8 cm³/mol. The fourth-order valence-electron chi connectivity index (χ4n) is 1.32. The van der Waals surface area contributed by atoms with Crippen molar-refractivity contribution in [1.82, 2.24) is 4.98 Å². The van der Waals surface area contributed by atoms with E-state index in [1.165, 1.54) is 18.3 Å². The zero-order chi connectivity index (χ0) is 14.0. The lowest BCUT2D eigenvalue weighted by atomic mass is 10.3. The third kappa shape index (κ3) is 3.43. The van der Waals surface area contributed by atoms with Crippen LogP contribution < -0.4 is 4.74 Å². The van der Waals surface area contributed by atoms with Gasteiger partial charge in [-0.25, -0.2) is 4.98 Å². The largest absolute Gasteiger partial charge is 0.455 e. The molecule has 0 bridgehead atoms. The first-order valence-electron chi connectivity index (χ1n) is 4.90. The molecule has 0 saturated heterocycles. The van der Waals surface area contributed by atoms with Crippen LogP contribution in [0.1, 0.15) is 0 Å². The molecule has 0 spiro atoms. The average molecular weight is 408 g/mol. The zero-order valence-corrected chi connectivity index (χ0v) is 13.1. The first kappa shape index (κ1) is 14.2. The SMILES string of the molecule is O=[N+]([O-])c1cc(Br)c(Oc2ccnc(Cl)c2)c(Br)c1. The molecular weight excluding hydrogens is 403 g/mol. The predicted octanol–water partition coefficient (Wildman–Crippen LogP) is 4.96. The molecule has 0 aliphatic heterocycles. The highest BCUT2D eigenvalue weighted by atomic mass is 79.9. The second kappa shape index (κ2) is 5.85. The summed E-state index contributed by atoms with van der Waals surface area (Å²) < 4.78 is 6.53. The van der Waals surface area contributed by atoms with Crippen molar-refractivity contribution in [2.45, 2.75) is 0 Å². The topological polar surface area (TPSA) is 65.3 Å². The molecule has 0 unspecified atom stereocenters. The van der Waals surface area contributed by atoms with Gasteiger partial charge >= 0.3 is 0 Å². The summed E-state index contributed by atoms with van der Waals surface area (Å²) >= 11 is 12.2. The molecule has 0 saturated carbocycles. The summed E-state index contributed by atoms with van der Waals surface area (Å²) in [6.45, 7) is 0. The highest BCUT2D eigenvalue weighted by Gasteiger charge is 2.15. The number of hydrogen-bond acceptors (Lipinski definition) is 4. The normalized spacial score (nSPS) is 10.3. The zero-order valence-electron chi connectivity index (χ0n) is 9.14. The summed E-state index contributed by atoms with van der Waals surface area (Å²) in [5.74, 6) is 0.906. The minimum absolute atomic E-state index is 0.0427. The van der Waals surface area contributed by atoms with E-state index in [9.17, 15) is 10.1 Å². The van der Waals surface area contributed by atoms with Crippen LogP contribution in [0.15, 0.2) is 39.4 Å². The van der Waals surface area contributed by atoms with Gasteiger partial charge in [0, 0.05) is 24.4 Å². The average Bonchev–Trinajstić information content (AvgIpc) is 2.33. The van der Waals surface area contributed by atoms with E-state index in [0.717, 1.165) is 0 Å². The van der Waals surface area contributed by atoms with E-state index in [-0.39, 0.29) is 5.69 Å². The fourth-order valence-corrected chi connectivity index (χ4v) is 2.80. The number of nitro groups is 1. The summed E-state index contributed by atoms with van der Waals surface area (Å²) in [5, 5.41) is 11.0. The molecule has 0 radical (unpaired) electrons. The van der Waals surface area contributed by atoms with Gasteiger partial charge in [-0.15, -0.1) is 0 Å². The Balaban J connectivity index is 2.38. The number of halogens is 3. The molecule has 5 nitrogen and oxygen atoms in total. The van der Waals surface area contributed by atoms with Gasteiger partial charge in [0.2, 0.25) is 0 Å². The monoisotopic (exact) mass is 406 g/mol. The standard InChI is InChI=1S/C11H5Br2ClN2O3/c12-8-3-6(16(17)18)4-9(13)11(8)19-7-1-2-15-10(14)5-7/h1-5H. The molecule has 0 fully saturated rings. The van der Waals surface area contributed by atoms with Gasteiger partial charge in [-0.3, -0.25) is 10.1 Å². The third-order valence-electron chi connectivity index (χ3n) is 2.11. The van der Waals surface area contributed by atoms with E-state index in [1.54, 1.807) is 12.1 Å². The summed E-state index contributed by atoms with van der Waals surface area (Å²) in [5.41, 5.74) is -0.0427. The van der Waals surface area contributed by atoms with Crippen molar-refractivity contribution in [3.8, 4) is 11.5 Å². The van der Waals surface area contributed by atoms with Crippen molar-refractivity contribution in [2.24, 2.45) is 0 Å². The molecule has 1 aromatic heterocycles. The molecule has 0 aliphatic carbocycles. The minimum Gasteiger partial charge on any atom is -0.455 e. The first-order valence-corrected chi connectivity index (χ1v) is 6.86.